The molecule has 0 bridgehead atoms. The topological polar surface area (TPSA) is 129 Å². The minimum Gasteiger partial charge on any atom is -0.496 e. The number of pyridine rings is 1. The summed E-state index contributed by atoms with van der Waals surface area (Å²) in [6.45, 7) is 1.54. The van der Waals surface area contributed by atoms with E-state index in [1.807, 2.05) is 6.07 Å². The molecule has 28 heavy (non-hydrogen) atoms. The zero-order chi connectivity index (χ0) is 20.6. The lowest BCUT2D eigenvalue weighted by molar-refractivity contribution is 0.165. The first kappa shape index (κ1) is 19.0. The SMILES string of the molecule is COc1cc(OC)c([C@@H]2C(C#N)=C(N)Oc3cc(C)n(O)c(=O)c32)cc1OC. The predicted octanol–water partition coefficient (Wildman–Crippen LogP) is 1.64. The molecule has 1 aromatic heterocycles. The van der Waals surface area contributed by atoms with Gasteiger partial charge in [0.2, 0.25) is 5.88 Å². The van der Waals surface area contributed by atoms with E-state index in [1.165, 1.54) is 34.3 Å². The van der Waals surface area contributed by atoms with Crippen LogP contribution in [-0.2, 0) is 0 Å². The van der Waals surface area contributed by atoms with E-state index < -0.39 is 11.5 Å². The fourth-order valence-corrected chi connectivity index (χ4v) is 3.23. The molecule has 0 spiro atoms. The number of nitriles is 1. The third-order valence-corrected chi connectivity index (χ3v) is 4.59. The van der Waals surface area contributed by atoms with E-state index in [-0.39, 0.29) is 28.5 Å². The van der Waals surface area contributed by atoms with E-state index in [4.69, 9.17) is 24.7 Å². The molecule has 3 rings (SSSR count). The van der Waals surface area contributed by atoms with Gasteiger partial charge >= 0.3 is 0 Å². The molecule has 3 N–H and O–H groups in total. The molecule has 0 saturated heterocycles. The monoisotopic (exact) mass is 385 g/mol. The number of methoxy groups -OCH3 is 3. The highest BCUT2D eigenvalue weighted by Gasteiger charge is 2.36. The number of hydrogen-bond acceptors (Lipinski definition) is 8. The Morgan fingerprint density at radius 3 is 2.32 bits per heavy atom. The molecule has 146 valence electrons. The second-order valence-electron chi connectivity index (χ2n) is 6.05. The molecule has 1 aromatic carbocycles. The number of rotatable bonds is 4. The van der Waals surface area contributed by atoms with Crippen LogP contribution in [0.25, 0.3) is 0 Å². The third kappa shape index (κ3) is 2.75. The average Bonchev–Trinajstić information content (AvgIpc) is 2.70. The smallest absolute Gasteiger partial charge is 0.291 e. The Morgan fingerprint density at radius 1 is 1.14 bits per heavy atom. The molecule has 0 saturated carbocycles. The minimum atomic E-state index is -0.935. The van der Waals surface area contributed by atoms with Gasteiger partial charge < -0.3 is 29.9 Å². The summed E-state index contributed by atoms with van der Waals surface area (Å²) in [6.07, 6.45) is 0. The van der Waals surface area contributed by atoms with Gasteiger partial charge in [0.25, 0.3) is 5.56 Å². The van der Waals surface area contributed by atoms with Gasteiger partial charge in [-0.1, -0.05) is 0 Å². The highest BCUT2D eigenvalue weighted by molar-refractivity contribution is 5.61. The molecule has 0 aliphatic carbocycles. The normalized spacial score (nSPS) is 15.3. The number of benzene rings is 1. The van der Waals surface area contributed by atoms with Gasteiger partial charge in [-0.15, -0.1) is 0 Å². The van der Waals surface area contributed by atoms with E-state index in [0.717, 1.165) is 0 Å². The molecular weight excluding hydrogens is 366 g/mol. The van der Waals surface area contributed by atoms with Gasteiger partial charge in [-0.3, -0.25) is 4.79 Å². The van der Waals surface area contributed by atoms with Crippen molar-refractivity contribution in [3.05, 3.63) is 56.8 Å². The maximum Gasteiger partial charge on any atom is 0.291 e. The van der Waals surface area contributed by atoms with E-state index >= 15 is 0 Å². The summed E-state index contributed by atoms with van der Waals surface area (Å²) in [6, 6.07) is 6.65. The van der Waals surface area contributed by atoms with Gasteiger partial charge in [0.15, 0.2) is 11.5 Å². The summed E-state index contributed by atoms with van der Waals surface area (Å²) in [5, 5.41) is 19.8. The maximum atomic E-state index is 12.8. The number of nitrogens with zero attached hydrogens (tertiary/aromatic N) is 2. The summed E-state index contributed by atoms with van der Waals surface area (Å²) in [5.41, 5.74) is 6.00. The van der Waals surface area contributed by atoms with Crippen molar-refractivity contribution in [1.82, 2.24) is 4.73 Å². The average molecular weight is 385 g/mol. The summed E-state index contributed by atoms with van der Waals surface area (Å²) in [5.74, 6) is 0.223. The fraction of sp³-hybridized carbons (Fsp3) is 0.263. The number of hydrogen-bond donors (Lipinski definition) is 2. The number of ether oxygens (including phenoxy) is 4. The van der Waals surface area contributed by atoms with Gasteiger partial charge in [-0.25, -0.2) is 0 Å². The van der Waals surface area contributed by atoms with Crippen LogP contribution in [0.2, 0.25) is 0 Å². The first-order valence-electron chi connectivity index (χ1n) is 8.21. The quantitative estimate of drug-likeness (QED) is 0.760. The minimum absolute atomic E-state index is 0.0129. The van der Waals surface area contributed by atoms with Crippen molar-refractivity contribution in [2.75, 3.05) is 21.3 Å². The predicted molar refractivity (Wildman–Crippen MR) is 98.0 cm³/mol. The van der Waals surface area contributed by atoms with Gasteiger partial charge in [0, 0.05) is 17.7 Å². The van der Waals surface area contributed by atoms with Crippen molar-refractivity contribution >= 4 is 0 Å². The van der Waals surface area contributed by atoms with Gasteiger partial charge in [-0.2, -0.15) is 9.99 Å². The van der Waals surface area contributed by atoms with Crippen molar-refractivity contribution in [3.63, 3.8) is 0 Å². The van der Waals surface area contributed by atoms with Crippen LogP contribution in [0.5, 0.6) is 23.0 Å². The molecule has 1 aliphatic rings. The largest absolute Gasteiger partial charge is 0.496 e. The van der Waals surface area contributed by atoms with E-state index in [2.05, 4.69) is 0 Å². The number of aromatic nitrogens is 1. The van der Waals surface area contributed by atoms with Crippen LogP contribution in [0.4, 0.5) is 0 Å². The molecule has 2 aromatic rings. The standard InChI is InChI=1S/C19H19N3O6/c1-9-5-15-17(19(23)22(9)24)16(11(8-20)18(21)28-15)10-6-13(26-3)14(27-4)7-12(10)25-2/h5-7,16,24H,21H2,1-4H3/t16-/m1/s1. The van der Waals surface area contributed by atoms with Gasteiger partial charge in [0.05, 0.1) is 38.5 Å². The summed E-state index contributed by atoms with van der Waals surface area (Å²) in [4.78, 5) is 12.8. The van der Waals surface area contributed by atoms with Crippen molar-refractivity contribution in [3.8, 4) is 29.1 Å². The third-order valence-electron chi connectivity index (χ3n) is 4.59. The molecule has 1 aliphatic heterocycles. The van der Waals surface area contributed by atoms with Gasteiger partial charge in [0.1, 0.15) is 23.1 Å². The van der Waals surface area contributed by atoms with Crippen LogP contribution in [0.1, 0.15) is 22.7 Å². The Hall–Kier alpha value is -3.80. The maximum absolute atomic E-state index is 12.8. The molecule has 9 heteroatoms. The van der Waals surface area contributed by atoms with E-state index in [9.17, 15) is 15.3 Å². The molecule has 9 nitrogen and oxygen atoms in total. The van der Waals surface area contributed by atoms with E-state index in [1.54, 1.807) is 12.1 Å². The zero-order valence-corrected chi connectivity index (χ0v) is 15.8. The Labute approximate surface area is 160 Å². The Morgan fingerprint density at radius 2 is 1.75 bits per heavy atom. The second kappa shape index (κ2) is 7.08. The lowest BCUT2D eigenvalue weighted by atomic mass is 9.83. The Bertz CT molecular complexity index is 1080. The van der Waals surface area contributed by atoms with Crippen LogP contribution in [0, 0.1) is 18.3 Å². The van der Waals surface area contributed by atoms with Crippen molar-refractivity contribution in [2.24, 2.45) is 5.73 Å². The molecule has 2 heterocycles. The van der Waals surface area contributed by atoms with Crippen molar-refractivity contribution in [1.29, 1.82) is 5.26 Å². The molecule has 0 unspecified atom stereocenters. The van der Waals surface area contributed by atoms with Crippen molar-refractivity contribution < 1.29 is 24.2 Å². The Kier molecular flexibility index (Phi) is 4.79. The lowest BCUT2D eigenvalue weighted by Gasteiger charge is -2.27. The van der Waals surface area contributed by atoms with Crippen LogP contribution in [0.15, 0.2) is 34.4 Å². The van der Waals surface area contributed by atoms with Crippen LogP contribution >= 0.6 is 0 Å². The molecule has 0 amide bonds. The number of allylic oxidation sites excluding steroid dienone is 1. The number of nitrogens with two attached hydrogens (primary N) is 1. The highest BCUT2D eigenvalue weighted by atomic mass is 16.5. The van der Waals surface area contributed by atoms with Gasteiger partial charge in [-0.05, 0) is 13.0 Å². The first-order valence-corrected chi connectivity index (χ1v) is 8.21. The first-order chi connectivity index (χ1) is 13.4. The van der Waals surface area contributed by atoms with Crippen LogP contribution < -0.4 is 30.2 Å². The molecule has 0 radical (unpaired) electrons. The summed E-state index contributed by atoms with van der Waals surface area (Å²) < 4.78 is 22.1. The lowest BCUT2D eigenvalue weighted by Crippen LogP contribution is -2.32. The van der Waals surface area contributed by atoms with Crippen LogP contribution in [-0.4, -0.2) is 31.3 Å². The van der Waals surface area contributed by atoms with Crippen molar-refractivity contribution in [2.45, 2.75) is 12.8 Å². The Balaban J connectivity index is 2.40. The molecule has 1 atom stereocenters. The number of aryl methyl sites for hydroxylation is 1. The molecular formula is C19H19N3O6. The number of fused-ring (bicyclic) bond motifs is 1. The van der Waals surface area contributed by atoms with Crippen LogP contribution in [0.3, 0.4) is 0 Å². The second-order valence-corrected chi connectivity index (χ2v) is 6.05. The molecule has 0 fully saturated rings. The fourth-order valence-electron chi connectivity index (χ4n) is 3.23. The van der Waals surface area contributed by atoms with E-state index in [0.29, 0.717) is 27.5 Å². The summed E-state index contributed by atoms with van der Waals surface area (Å²) >= 11 is 0. The summed E-state index contributed by atoms with van der Waals surface area (Å²) in [7, 11) is 4.39. The zero-order valence-electron chi connectivity index (χ0n) is 15.8. The highest BCUT2D eigenvalue weighted by Crippen LogP contribution is 2.46.